The lowest BCUT2D eigenvalue weighted by Crippen LogP contribution is -2.21. The highest BCUT2D eigenvalue weighted by atomic mass is 15.2. The van der Waals surface area contributed by atoms with Gasteiger partial charge in [-0.15, -0.1) is 0 Å². The molecule has 2 nitrogen and oxygen atoms in total. The summed E-state index contributed by atoms with van der Waals surface area (Å²) in [6.07, 6.45) is 0. The third-order valence-corrected chi connectivity index (χ3v) is 17.7. The van der Waals surface area contributed by atoms with Crippen LogP contribution in [0.4, 0.5) is 34.1 Å². The lowest BCUT2D eigenvalue weighted by Gasteiger charge is -2.33. The van der Waals surface area contributed by atoms with E-state index in [-0.39, 0.29) is 5.92 Å². The first-order chi connectivity index (χ1) is 42.4. The molecule has 14 aromatic carbocycles. The van der Waals surface area contributed by atoms with Gasteiger partial charge in [0.1, 0.15) is 0 Å². The van der Waals surface area contributed by atoms with Gasteiger partial charge in [0.15, 0.2) is 0 Å². The third-order valence-electron chi connectivity index (χ3n) is 17.7. The fraction of sp³-hybridized carbons (Fsp3) is 0.0476. The Kier molecular flexibility index (Phi) is 13.4. The van der Waals surface area contributed by atoms with Gasteiger partial charge in [-0.25, -0.2) is 0 Å². The average Bonchev–Trinajstić information content (AvgIpc) is 1.57. The summed E-state index contributed by atoms with van der Waals surface area (Å²) in [6.45, 7) is 4.91. The van der Waals surface area contributed by atoms with Crippen LogP contribution < -0.4 is 9.80 Å². The van der Waals surface area contributed by atoms with Crippen molar-refractivity contribution in [2.75, 3.05) is 9.80 Å². The Balaban J connectivity index is 1.01. The molecular formula is C84H62N2. The fourth-order valence-corrected chi connectivity index (χ4v) is 13.7. The highest BCUT2D eigenvalue weighted by Gasteiger charge is 2.42. The molecule has 0 fully saturated rings. The predicted molar refractivity (Wildman–Crippen MR) is 364 cm³/mol. The third kappa shape index (κ3) is 9.43. The molecule has 0 bridgehead atoms. The summed E-state index contributed by atoms with van der Waals surface area (Å²) in [5.41, 5.74) is 24.3. The number of hydrogen-bond donors (Lipinski definition) is 0. The minimum atomic E-state index is -0.497. The maximum atomic E-state index is 2.57. The van der Waals surface area contributed by atoms with Crippen LogP contribution in [0.1, 0.15) is 47.6 Å². The molecule has 14 aromatic rings. The van der Waals surface area contributed by atoms with Crippen molar-refractivity contribution in [2.45, 2.75) is 25.2 Å². The van der Waals surface area contributed by atoms with Crippen LogP contribution in [0.15, 0.2) is 334 Å². The Morgan fingerprint density at radius 1 is 0.267 bits per heavy atom. The van der Waals surface area contributed by atoms with Crippen LogP contribution in [0, 0.1) is 0 Å². The molecule has 0 saturated heterocycles. The maximum absolute atomic E-state index is 2.57. The number of fused-ring (bicyclic) bond motifs is 5. The van der Waals surface area contributed by atoms with E-state index in [0.717, 1.165) is 45.3 Å². The summed E-state index contributed by atoms with van der Waals surface area (Å²) in [5, 5.41) is 4.89. The smallest absolute Gasteiger partial charge is 0.0546 e. The summed E-state index contributed by atoms with van der Waals surface area (Å²) >= 11 is 0. The first kappa shape index (κ1) is 52.0. The molecule has 0 spiro atoms. The van der Waals surface area contributed by atoms with E-state index in [1.54, 1.807) is 0 Å². The number of hydrogen-bond acceptors (Lipinski definition) is 2. The van der Waals surface area contributed by atoms with Gasteiger partial charge in [0.25, 0.3) is 0 Å². The molecule has 0 amide bonds. The Morgan fingerprint density at radius 2 is 0.663 bits per heavy atom. The van der Waals surface area contributed by atoms with Crippen molar-refractivity contribution in [1.82, 2.24) is 0 Å². The number of rotatable bonds is 13. The van der Waals surface area contributed by atoms with Crippen LogP contribution in [-0.2, 0) is 5.41 Å². The van der Waals surface area contributed by atoms with Crippen molar-refractivity contribution in [2.24, 2.45) is 0 Å². The van der Waals surface area contributed by atoms with Gasteiger partial charge in [0.05, 0.1) is 11.4 Å². The molecule has 408 valence electrons. The summed E-state index contributed by atoms with van der Waals surface area (Å²) in [7, 11) is 0. The Bertz CT molecular complexity index is 4630. The van der Waals surface area contributed by atoms with Gasteiger partial charge in [-0.1, -0.05) is 287 Å². The highest BCUT2D eigenvalue weighted by Crippen LogP contribution is 2.59. The van der Waals surface area contributed by atoms with E-state index in [9.17, 15) is 0 Å². The zero-order valence-corrected chi connectivity index (χ0v) is 48.2. The first-order valence-corrected chi connectivity index (χ1v) is 29.9. The molecule has 1 aliphatic rings. The average molecular weight is 1100 g/mol. The van der Waals surface area contributed by atoms with Crippen molar-refractivity contribution in [1.29, 1.82) is 0 Å². The largest absolute Gasteiger partial charge is 0.310 e. The van der Waals surface area contributed by atoms with Crippen molar-refractivity contribution in [3.8, 4) is 55.6 Å². The number of anilines is 6. The molecule has 1 unspecified atom stereocenters. The molecular weight excluding hydrogens is 1040 g/mol. The molecule has 86 heavy (non-hydrogen) atoms. The molecule has 0 N–H and O–H groups in total. The molecule has 15 rings (SSSR count). The minimum absolute atomic E-state index is 0.112. The van der Waals surface area contributed by atoms with Crippen LogP contribution >= 0.6 is 0 Å². The number of para-hydroxylation sites is 1. The molecule has 0 heterocycles. The van der Waals surface area contributed by atoms with Gasteiger partial charge < -0.3 is 9.80 Å². The van der Waals surface area contributed by atoms with Gasteiger partial charge in [-0.2, -0.15) is 0 Å². The lowest BCUT2D eigenvalue weighted by molar-refractivity contribution is 0.659. The second-order valence-corrected chi connectivity index (χ2v) is 23.2. The Morgan fingerprint density at radius 3 is 1.23 bits per heavy atom. The summed E-state index contributed by atoms with van der Waals surface area (Å²) < 4.78 is 0. The first-order valence-electron chi connectivity index (χ1n) is 29.9. The second kappa shape index (κ2) is 22.1. The SMILES string of the molecule is CC1(C)c2cc(C(c3ccccc3)c3ccc(-c4ccccc4)cc3)cc(N(c3cccc(-c4cccc5ccccc45)c3)c3cccc(-c4cccc5ccccc45)c3)c2-c2cccc(N(c3ccccc3)c3ccc(-c4ccccc4)cc3)c21. The topological polar surface area (TPSA) is 6.48 Å². The van der Waals surface area contributed by atoms with Gasteiger partial charge in [0.2, 0.25) is 0 Å². The monoisotopic (exact) mass is 1100 g/mol. The second-order valence-electron chi connectivity index (χ2n) is 23.2. The Hall–Kier alpha value is -10.8. The maximum Gasteiger partial charge on any atom is 0.0546 e. The van der Waals surface area contributed by atoms with Gasteiger partial charge in [0, 0.05) is 39.6 Å². The molecule has 2 heteroatoms. The van der Waals surface area contributed by atoms with Crippen LogP contribution in [0.5, 0.6) is 0 Å². The van der Waals surface area contributed by atoms with E-state index in [1.807, 2.05) is 0 Å². The molecule has 0 saturated carbocycles. The number of nitrogens with zero attached hydrogens (tertiary/aromatic N) is 2. The quantitative estimate of drug-likeness (QED) is 0.106. The van der Waals surface area contributed by atoms with E-state index in [4.69, 9.17) is 0 Å². The van der Waals surface area contributed by atoms with Gasteiger partial charge in [-0.05, 0) is 160 Å². The normalized spacial score (nSPS) is 12.6. The van der Waals surface area contributed by atoms with E-state index >= 15 is 0 Å². The molecule has 0 aromatic heterocycles. The van der Waals surface area contributed by atoms with E-state index < -0.39 is 5.41 Å². The minimum Gasteiger partial charge on any atom is -0.310 e. The highest BCUT2D eigenvalue weighted by molar-refractivity contribution is 6.02. The van der Waals surface area contributed by atoms with Crippen molar-refractivity contribution < 1.29 is 0 Å². The van der Waals surface area contributed by atoms with Crippen molar-refractivity contribution >= 4 is 55.7 Å². The summed E-state index contributed by atoms with van der Waals surface area (Å²) in [6, 6.07) is 123. The molecule has 1 aliphatic carbocycles. The van der Waals surface area contributed by atoms with Crippen molar-refractivity contribution in [3.63, 3.8) is 0 Å². The van der Waals surface area contributed by atoms with Crippen LogP contribution in [0.2, 0.25) is 0 Å². The van der Waals surface area contributed by atoms with Gasteiger partial charge in [-0.3, -0.25) is 0 Å². The van der Waals surface area contributed by atoms with Gasteiger partial charge >= 0.3 is 0 Å². The van der Waals surface area contributed by atoms with Crippen LogP contribution in [0.25, 0.3) is 77.2 Å². The standard InChI is InChI=1S/C84H62N2/c1-84(2)78-56-68(81(64-30-11-5-12-31-64)65-48-46-60(47-49-65)58-24-7-3-8-25-58)57-80(82(78)77-44-23-45-79(83(77)84)85(69-36-13-6-14-37-69)70-52-50-61(51-53-70)59-26-9-4-10-27-59)86(71-38-19-34-66(54-71)75-42-21-32-62-28-15-17-40-73(62)75)72-39-20-35-67(55-72)76-43-22-33-63-29-16-18-41-74(63)76/h3-57,81H,1-2H3. The molecule has 0 aliphatic heterocycles. The van der Waals surface area contributed by atoms with E-state index in [0.29, 0.717) is 0 Å². The zero-order chi connectivity index (χ0) is 57.6. The molecule has 1 atom stereocenters. The lowest BCUT2D eigenvalue weighted by atomic mass is 9.78. The fourth-order valence-electron chi connectivity index (χ4n) is 13.7. The summed E-state index contributed by atoms with van der Waals surface area (Å²) in [4.78, 5) is 5.04. The summed E-state index contributed by atoms with van der Waals surface area (Å²) in [5.74, 6) is -0.112. The van der Waals surface area contributed by atoms with Crippen LogP contribution in [0.3, 0.4) is 0 Å². The van der Waals surface area contributed by atoms with E-state index in [1.165, 1.54) is 93.9 Å². The molecule has 0 radical (unpaired) electrons. The zero-order valence-electron chi connectivity index (χ0n) is 48.2. The Labute approximate surface area is 504 Å². The number of benzene rings is 14. The van der Waals surface area contributed by atoms with Crippen molar-refractivity contribution in [3.05, 3.63) is 361 Å². The predicted octanol–water partition coefficient (Wildman–Crippen LogP) is 23.1. The van der Waals surface area contributed by atoms with E-state index in [2.05, 4.69) is 357 Å². The van der Waals surface area contributed by atoms with Crippen LogP contribution in [-0.4, -0.2) is 0 Å².